The molecule has 1 N–H and O–H groups in total. The molecule has 29 heavy (non-hydrogen) atoms. The van der Waals surface area contributed by atoms with Crippen molar-refractivity contribution in [2.75, 3.05) is 11.9 Å². The summed E-state index contributed by atoms with van der Waals surface area (Å²) in [4.78, 5) is 29.6. The van der Waals surface area contributed by atoms with Gasteiger partial charge in [-0.1, -0.05) is 11.6 Å². The van der Waals surface area contributed by atoms with E-state index < -0.39 is 5.82 Å². The van der Waals surface area contributed by atoms with Gasteiger partial charge in [0.1, 0.15) is 5.52 Å². The summed E-state index contributed by atoms with van der Waals surface area (Å²) >= 11 is 7.61. The number of rotatable bonds is 3. The quantitative estimate of drug-likeness (QED) is 0.609. The summed E-state index contributed by atoms with van der Waals surface area (Å²) in [5, 5.41) is 4.08. The van der Waals surface area contributed by atoms with Crippen LogP contribution in [0.3, 0.4) is 0 Å². The first-order chi connectivity index (χ1) is 14.0. The van der Waals surface area contributed by atoms with Crippen LogP contribution in [0.25, 0.3) is 21.3 Å². The summed E-state index contributed by atoms with van der Waals surface area (Å²) in [6, 6.07) is 5.71. The van der Waals surface area contributed by atoms with Crippen molar-refractivity contribution >= 4 is 50.7 Å². The smallest absolute Gasteiger partial charge is 0.230 e. The van der Waals surface area contributed by atoms with Crippen molar-refractivity contribution in [3.05, 3.63) is 45.7 Å². The van der Waals surface area contributed by atoms with Crippen LogP contribution in [0.15, 0.2) is 24.4 Å². The second kappa shape index (κ2) is 7.07. The van der Waals surface area contributed by atoms with Crippen molar-refractivity contribution in [3.8, 4) is 11.1 Å². The van der Waals surface area contributed by atoms with Gasteiger partial charge in [-0.15, -0.1) is 11.3 Å². The second-order valence-electron chi connectivity index (χ2n) is 7.27. The van der Waals surface area contributed by atoms with E-state index in [4.69, 9.17) is 11.6 Å². The molecule has 0 radical (unpaired) electrons. The van der Waals surface area contributed by atoms with Crippen molar-refractivity contribution < 1.29 is 14.0 Å². The number of benzene rings is 1. The van der Waals surface area contributed by atoms with E-state index in [2.05, 4.69) is 10.3 Å². The zero-order valence-corrected chi connectivity index (χ0v) is 17.0. The standard InChI is InChI=1S/C21H17ClFN3O2S/c22-12-8-11-2-1-6-24-19(11)14(9-12)13-5-7-25-20-18(23)15(29-21(13)20)10-26-16(27)3-4-17(26)28/h5,7-9,24H,1-4,6,10H2. The number of fused-ring (bicyclic) bond motifs is 2. The Morgan fingerprint density at radius 3 is 2.76 bits per heavy atom. The molecule has 1 aromatic carbocycles. The lowest BCUT2D eigenvalue weighted by Crippen LogP contribution is -2.28. The fraction of sp³-hybridized carbons (Fsp3) is 0.286. The van der Waals surface area contributed by atoms with E-state index >= 15 is 4.39 Å². The molecule has 0 bridgehead atoms. The number of imide groups is 1. The van der Waals surface area contributed by atoms with Crippen LogP contribution in [0, 0.1) is 5.82 Å². The van der Waals surface area contributed by atoms with Crippen LogP contribution in [0.4, 0.5) is 10.1 Å². The van der Waals surface area contributed by atoms with E-state index in [-0.39, 0.29) is 36.7 Å². The number of aromatic nitrogens is 1. The third-order valence-corrected chi connectivity index (χ3v) is 6.83. The Balaban J connectivity index is 1.65. The Hall–Kier alpha value is -2.51. The van der Waals surface area contributed by atoms with Crippen LogP contribution in [0.2, 0.25) is 5.02 Å². The first-order valence-electron chi connectivity index (χ1n) is 9.48. The number of amides is 2. The summed E-state index contributed by atoms with van der Waals surface area (Å²) in [7, 11) is 0. The fourth-order valence-electron chi connectivity index (χ4n) is 4.04. The molecule has 2 amide bonds. The molecule has 3 aromatic rings. The number of carbonyl (C=O) groups is 2. The summed E-state index contributed by atoms with van der Waals surface area (Å²) in [6.07, 6.45) is 3.94. The van der Waals surface area contributed by atoms with Gasteiger partial charge in [0.25, 0.3) is 0 Å². The minimum absolute atomic E-state index is 0.0458. The number of nitrogens with zero attached hydrogens (tertiary/aromatic N) is 2. The van der Waals surface area contributed by atoms with E-state index in [1.165, 1.54) is 11.3 Å². The Morgan fingerprint density at radius 2 is 1.97 bits per heavy atom. The minimum Gasteiger partial charge on any atom is -0.384 e. The molecule has 5 rings (SSSR count). The van der Waals surface area contributed by atoms with Crippen LogP contribution in [0.5, 0.6) is 0 Å². The molecule has 0 spiro atoms. The highest BCUT2D eigenvalue weighted by molar-refractivity contribution is 7.19. The van der Waals surface area contributed by atoms with Crippen molar-refractivity contribution in [1.29, 1.82) is 0 Å². The number of thiophene rings is 1. The van der Waals surface area contributed by atoms with Crippen LogP contribution < -0.4 is 5.32 Å². The molecule has 0 atom stereocenters. The Labute approximate surface area is 175 Å². The zero-order valence-electron chi connectivity index (χ0n) is 15.4. The Kier molecular flexibility index (Phi) is 4.52. The van der Waals surface area contributed by atoms with Crippen molar-refractivity contribution in [2.45, 2.75) is 32.2 Å². The normalized spacial score (nSPS) is 16.4. The predicted molar refractivity (Wildman–Crippen MR) is 112 cm³/mol. The maximum atomic E-state index is 15.1. The van der Waals surface area contributed by atoms with Gasteiger partial charge in [0.05, 0.1) is 16.1 Å². The van der Waals surface area contributed by atoms with E-state index in [1.54, 1.807) is 6.20 Å². The van der Waals surface area contributed by atoms with Gasteiger partial charge in [-0.25, -0.2) is 4.39 Å². The minimum atomic E-state index is -0.469. The molecule has 2 aliphatic rings. The van der Waals surface area contributed by atoms with E-state index in [0.29, 0.717) is 14.6 Å². The van der Waals surface area contributed by atoms with Crippen LogP contribution >= 0.6 is 22.9 Å². The maximum absolute atomic E-state index is 15.1. The first kappa shape index (κ1) is 18.5. The lowest BCUT2D eigenvalue weighted by atomic mass is 9.95. The molecule has 2 aromatic heterocycles. The van der Waals surface area contributed by atoms with Crippen molar-refractivity contribution in [3.63, 3.8) is 0 Å². The monoisotopic (exact) mass is 429 g/mol. The van der Waals surface area contributed by atoms with Gasteiger partial charge < -0.3 is 5.32 Å². The fourth-order valence-corrected chi connectivity index (χ4v) is 5.43. The average molecular weight is 430 g/mol. The zero-order chi connectivity index (χ0) is 20.1. The molecule has 0 aliphatic carbocycles. The van der Waals surface area contributed by atoms with Gasteiger partial charge in [-0.3, -0.25) is 19.5 Å². The number of carbonyl (C=O) groups excluding carboxylic acids is 2. The number of likely N-dealkylation sites (tertiary alicyclic amines) is 1. The van der Waals surface area contributed by atoms with Gasteiger partial charge in [-0.2, -0.15) is 0 Å². The van der Waals surface area contributed by atoms with Gasteiger partial charge in [-0.05, 0) is 36.6 Å². The topological polar surface area (TPSA) is 62.3 Å². The molecule has 8 heteroatoms. The second-order valence-corrected chi connectivity index (χ2v) is 8.81. The summed E-state index contributed by atoms with van der Waals surface area (Å²) in [5.41, 5.74) is 4.19. The van der Waals surface area contributed by atoms with Gasteiger partial charge in [0.2, 0.25) is 11.8 Å². The summed E-state index contributed by atoms with van der Waals surface area (Å²) in [6.45, 7) is 0.828. The highest BCUT2D eigenvalue weighted by atomic mass is 35.5. The molecule has 2 aliphatic heterocycles. The largest absolute Gasteiger partial charge is 0.384 e. The van der Waals surface area contributed by atoms with Crippen LogP contribution in [-0.2, 0) is 22.6 Å². The third-order valence-electron chi connectivity index (χ3n) is 5.44. The summed E-state index contributed by atoms with van der Waals surface area (Å²) < 4.78 is 15.8. The average Bonchev–Trinajstić information content (AvgIpc) is 3.21. The molecular weight excluding hydrogens is 413 g/mol. The molecule has 4 heterocycles. The van der Waals surface area contributed by atoms with Crippen LogP contribution in [-0.4, -0.2) is 28.2 Å². The lowest BCUT2D eigenvalue weighted by molar-refractivity contribution is -0.139. The molecule has 0 saturated carbocycles. The number of nitrogens with one attached hydrogen (secondary N) is 1. The van der Waals surface area contributed by atoms with Crippen molar-refractivity contribution in [1.82, 2.24) is 9.88 Å². The SMILES string of the molecule is O=C1CCC(=O)N1Cc1sc2c(-c3cc(Cl)cc4c3NCCC4)ccnc2c1F. The number of halogens is 2. The molecule has 1 saturated heterocycles. The highest BCUT2D eigenvalue weighted by Crippen LogP contribution is 2.42. The Bertz CT molecular complexity index is 1160. The van der Waals surface area contributed by atoms with E-state index in [9.17, 15) is 9.59 Å². The van der Waals surface area contributed by atoms with Gasteiger partial charge >= 0.3 is 0 Å². The summed E-state index contributed by atoms with van der Waals surface area (Å²) in [5.74, 6) is -0.982. The molecule has 1 fully saturated rings. The van der Waals surface area contributed by atoms with Gasteiger partial charge in [0.15, 0.2) is 5.82 Å². The Morgan fingerprint density at radius 1 is 1.17 bits per heavy atom. The maximum Gasteiger partial charge on any atom is 0.230 e. The predicted octanol–water partition coefficient (Wildman–Crippen LogP) is 4.76. The molecular formula is C21H17ClFN3O2S. The van der Waals surface area contributed by atoms with Crippen molar-refractivity contribution in [2.24, 2.45) is 0 Å². The number of pyridine rings is 1. The highest BCUT2D eigenvalue weighted by Gasteiger charge is 2.31. The first-order valence-corrected chi connectivity index (χ1v) is 10.7. The number of anilines is 1. The molecule has 5 nitrogen and oxygen atoms in total. The number of hydrogen-bond donors (Lipinski definition) is 1. The van der Waals surface area contributed by atoms with Crippen LogP contribution in [0.1, 0.15) is 29.7 Å². The van der Waals surface area contributed by atoms with Gasteiger partial charge in [0, 0.05) is 47.4 Å². The number of hydrogen-bond acceptors (Lipinski definition) is 5. The van der Waals surface area contributed by atoms with E-state index in [1.807, 2.05) is 18.2 Å². The third kappa shape index (κ3) is 3.09. The molecule has 0 unspecified atom stereocenters. The van der Waals surface area contributed by atoms with E-state index in [0.717, 1.165) is 46.7 Å². The number of aryl methyl sites for hydroxylation is 1. The lowest BCUT2D eigenvalue weighted by Gasteiger charge is -2.22. The molecule has 148 valence electrons.